The van der Waals surface area contributed by atoms with Crippen LogP contribution in [0.4, 0.5) is 0 Å². The molecule has 7 heteroatoms. The van der Waals surface area contributed by atoms with Crippen molar-refractivity contribution in [1.29, 1.82) is 0 Å². The van der Waals surface area contributed by atoms with Gasteiger partial charge in [-0.05, 0) is 42.7 Å². The zero-order valence-corrected chi connectivity index (χ0v) is 17.7. The first-order chi connectivity index (χ1) is 11.6. The third kappa shape index (κ3) is 4.83. The molecule has 0 aromatic carbocycles. The lowest BCUT2D eigenvalue weighted by atomic mass is 9.64. The van der Waals surface area contributed by atoms with Gasteiger partial charge in [-0.2, -0.15) is 0 Å². The van der Waals surface area contributed by atoms with Crippen molar-refractivity contribution in [3.05, 3.63) is 30.2 Å². The van der Waals surface area contributed by atoms with Crippen LogP contribution in [0, 0.1) is 11.3 Å². The highest BCUT2D eigenvalue weighted by atomic mass is 127. The van der Waals surface area contributed by atoms with Gasteiger partial charge in [-0.25, -0.2) is 0 Å². The molecule has 0 saturated heterocycles. The minimum atomic E-state index is 0. The van der Waals surface area contributed by atoms with E-state index in [0.717, 1.165) is 29.9 Å². The monoisotopic (exact) mass is 456 g/mol. The topological polar surface area (TPSA) is 66.6 Å². The zero-order chi connectivity index (χ0) is 17.0. The van der Waals surface area contributed by atoms with E-state index in [-0.39, 0.29) is 24.0 Å². The lowest BCUT2D eigenvalue weighted by Crippen LogP contribution is -2.46. The maximum absolute atomic E-state index is 4.35. The molecule has 138 valence electrons. The number of hydrogen-bond acceptors (Lipinski definition) is 3. The molecule has 6 nitrogen and oxygen atoms in total. The van der Waals surface area contributed by atoms with Gasteiger partial charge in [0.2, 0.25) is 0 Å². The lowest BCUT2D eigenvalue weighted by Gasteiger charge is -2.43. The first-order valence-corrected chi connectivity index (χ1v) is 8.85. The predicted octanol–water partition coefficient (Wildman–Crippen LogP) is 3.23. The van der Waals surface area contributed by atoms with Crippen LogP contribution in [-0.4, -0.2) is 34.2 Å². The number of pyridine rings is 1. The maximum Gasteiger partial charge on any atom is 0.191 e. The summed E-state index contributed by atoms with van der Waals surface area (Å²) in [6.07, 6.45) is 7.26. The molecule has 0 atom stereocenters. The second-order valence-electron chi connectivity index (χ2n) is 7.28. The van der Waals surface area contributed by atoms with Gasteiger partial charge in [-0.1, -0.05) is 26.3 Å². The molecule has 1 fully saturated rings. The zero-order valence-electron chi connectivity index (χ0n) is 15.3. The molecule has 0 bridgehead atoms. The van der Waals surface area contributed by atoms with Crippen LogP contribution in [-0.2, 0) is 6.54 Å². The van der Waals surface area contributed by atoms with Crippen molar-refractivity contribution in [1.82, 2.24) is 25.2 Å². The molecule has 1 saturated carbocycles. The smallest absolute Gasteiger partial charge is 0.191 e. The number of nitrogens with one attached hydrogen (secondary N) is 2. The van der Waals surface area contributed by atoms with E-state index in [1.165, 1.54) is 25.7 Å². The normalized spacial score (nSPS) is 16.4. The van der Waals surface area contributed by atoms with Crippen molar-refractivity contribution in [2.24, 2.45) is 16.3 Å². The third-order valence-electron chi connectivity index (χ3n) is 4.91. The Morgan fingerprint density at radius 2 is 2.08 bits per heavy atom. The molecule has 0 aliphatic heterocycles. The lowest BCUT2D eigenvalue weighted by molar-refractivity contribution is 0.104. The second-order valence-corrected chi connectivity index (χ2v) is 7.28. The van der Waals surface area contributed by atoms with Crippen molar-refractivity contribution in [3.8, 4) is 0 Å². The van der Waals surface area contributed by atoms with Gasteiger partial charge in [0.1, 0.15) is 0 Å². The highest BCUT2D eigenvalue weighted by Crippen LogP contribution is 2.45. The fourth-order valence-electron chi connectivity index (χ4n) is 3.66. The van der Waals surface area contributed by atoms with Crippen molar-refractivity contribution < 1.29 is 0 Å². The van der Waals surface area contributed by atoms with Crippen LogP contribution in [0.15, 0.2) is 29.4 Å². The molecule has 0 amide bonds. The van der Waals surface area contributed by atoms with Crippen LogP contribution >= 0.6 is 24.0 Å². The van der Waals surface area contributed by atoms with E-state index < -0.39 is 0 Å². The summed E-state index contributed by atoms with van der Waals surface area (Å²) in [5.41, 5.74) is 1.32. The number of fused-ring (bicyclic) bond motifs is 1. The van der Waals surface area contributed by atoms with E-state index in [2.05, 4.69) is 39.7 Å². The van der Waals surface area contributed by atoms with E-state index >= 15 is 0 Å². The van der Waals surface area contributed by atoms with Crippen LogP contribution in [0.1, 0.15) is 45.4 Å². The Kier molecular flexibility index (Phi) is 7.04. The van der Waals surface area contributed by atoms with Gasteiger partial charge < -0.3 is 10.6 Å². The summed E-state index contributed by atoms with van der Waals surface area (Å²) in [4.78, 5) is 4.35. The Morgan fingerprint density at radius 1 is 1.28 bits per heavy atom. The van der Waals surface area contributed by atoms with Gasteiger partial charge >= 0.3 is 0 Å². The summed E-state index contributed by atoms with van der Waals surface area (Å²) < 4.78 is 1.99. The van der Waals surface area contributed by atoms with Crippen molar-refractivity contribution in [2.75, 3.05) is 13.6 Å². The Balaban J connectivity index is 0.00000225. The predicted molar refractivity (Wildman–Crippen MR) is 112 cm³/mol. The molecule has 2 heterocycles. The molecular weight excluding hydrogens is 427 g/mol. The van der Waals surface area contributed by atoms with E-state index in [0.29, 0.717) is 12.0 Å². The Morgan fingerprint density at radius 3 is 2.72 bits per heavy atom. The van der Waals surface area contributed by atoms with Crippen molar-refractivity contribution in [2.45, 2.75) is 46.1 Å². The van der Waals surface area contributed by atoms with Crippen LogP contribution in [0.3, 0.4) is 0 Å². The van der Waals surface area contributed by atoms with Gasteiger partial charge in [0.15, 0.2) is 17.4 Å². The SMILES string of the molecule is CN=C(NCc1nnc2ccccn12)NCC1(CC(C)C)CCC1.I. The molecule has 1 aliphatic carbocycles. The second kappa shape index (κ2) is 8.82. The number of rotatable bonds is 6. The van der Waals surface area contributed by atoms with E-state index in [1.807, 2.05) is 35.8 Å². The molecule has 2 aromatic rings. The summed E-state index contributed by atoms with van der Waals surface area (Å²) in [7, 11) is 1.81. The highest BCUT2D eigenvalue weighted by molar-refractivity contribution is 14.0. The Bertz CT molecular complexity index is 704. The minimum absolute atomic E-state index is 0. The van der Waals surface area contributed by atoms with Gasteiger partial charge in [0, 0.05) is 19.8 Å². The summed E-state index contributed by atoms with van der Waals surface area (Å²) in [5, 5.41) is 15.3. The number of nitrogens with zero attached hydrogens (tertiary/aromatic N) is 4. The number of aliphatic imine (C=N–C) groups is 1. The highest BCUT2D eigenvalue weighted by Gasteiger charge is 2.37. The number of guanidine groups is 1. The number of aromatic nitrogens is 3. The maximum atomic E-state index is 4.35. The first-order valence-electron chi connectivity index (χ1n) is 8.85. The minimum Gasteiger partial charge on any atom is -0.356 e. The first kappa shape index (κ1) is 19.9. The average molecular weight is 456 g/mol. The average Bonchev–Trinajstić information content (AvgIpc) is 2.95. The Hall–Kier alpha value is -1.38. The quantitative estimate of drug-likeness (QED) is 0.398. The van der Waals surface area contributed by atoms with Gasteiger partial charge in [0.25, 0.3) is 0 Å². The Labute approximate surface area is 166 Å². The molecule has 1 aliphatic rings. The van der Waals surface area contributed by atoms with Crippen LogP contribution in [0.2, 0.25) is 0 Å². The summed E-state index contributed by atoms with van der Waals surface area (Å²) in [6, 6.07) is 5.91. The largest absolute Gasteiger partial charge is 0.356 e. The molecule has 3 rings (SSSR count). The third-order valence-corrected chi connectivity index (χ3v) is 4.91. The van der Waals surface area contributed by atoms with Gasteiger partial charge in [-0.3, -0.25) is 9.39 Å². The van der Waals surface area contributed by atoms with Gasteiger partial charge in [0.05, 0.1) is 6.54 Å². The number of hydrogen-bond donors (Lipinski definition) is 2. The van der Waals surface area contributed by atoms with Crippen molar-refractivity contribution in [3.63, 3.8) is 0 Å². The fraction of sp³-hybridized carbons (Fsp3) is 0.611. The molecular formula is C18H29IN6. The molecule has 0 unspecified atom stereocenters. The summed E-state index contributed by atoms with van der Waals surface area (Å²) in [6.45, 7) is 6.21. The summed E-state index contributed by atoms with van der Waals surface area (Å²) >= 11 is 0. The van der Waals surface area contributed by atoms with Crippen molar-refractivity contribution >= 4 is 35.6 Å². The van der Waals surface area contributed by atoms with Crippen LogP contribution < -0.4 is 10.6 Å². The standard InChI is InChI=1S/C18H28N6.HI/c1-14(2)11-18(8-6-9-18)13-21-17(19-3)20-12-16-23-22-15-7-4-5-10-24(15)16;/h4-5,7,10,14H,6,8-9,11-13H2,1-3H3,(H2,19,20,21);1H. The molecule has 2 aromatic heterocycles. The van der Waals surface area contributed by atoms with E-state index in [9.17, 15) is 0 Å². The van der Waals surface area contributed by atoms with Crippen LogP contribution in [0.5, 0.6) is 0 Å². The van der Waals surface area contributed by atoms with Gasteiger partial charge in [-0.15, -0.1) is 34.2 Å². The summed E-state index contributed by atoms with van der Waals surface area (Å²) in [5.74, 6) is 2.45. The van der Waals surface area contributed by atoms with Crippen LogP contribution in [0.25, 0.3) is 5.65 Å². The molecule has 25 heavy (non-hydrogen) atoms. The number of halogens is 1. The van der Waals surface area contributed by atoms with E-state index in [4.69, 9.17) is 0 Å². The van der Waals surface area contributed by atoms with E-state index in [1.54, 1.807) is 0 Å². The molecule has 0 spiro atoms. The fourth-order valence-corrected chi connectivity index (χ4v) is 3.66. The molecule has 0 radical (unpaired) electrons. The molecule has 2 N–H and O–H groups in total.